The highest BCUT2D eigenvalue weighted by Crippen LogP contribution is 2.38. The molecule has 2 aromatic carbocycles. The van der Waals surface area contributed by atoms with Crippen molar-refractivity contribution in [1.82, 2.24) is 14.8 Å². The third-order valence-corrected chi connectivity index (χ3v) is 5.52. The van der Waals surface area contributed by atoms with Gasteiger partial charge >= 0.3 is 6.18 Å². The van der Waals surface area contributed by atoms with Gasteiger partial charge in [-0.1, -0.05) is 48.5 Å². The lowest BCUT2D eigenvalue weighted by Crippen LogP contribution is -2.19. The van der Waals surface area contributed by atoms with Gasteiger partial charge in [0.2, 0.25) is 0 Å². The average Bonchev–Trinajstić information content (AvgIpc) is 3.14. The van der Waals surface area contributed by atoms with Gasteiger partial charge in [-0.25, -0.2) is 4.98 Å². The number of carbonyl (C=O) groups excluding carboxylic acids is 2. The molecule has 0 bridgehead atoms. The topological polar surface area (TPSA) is 103 Å². The third kappa shape index (κ3) is 4.21. The zero-order chi connectivity index (χ0) is 24.6. The Kier molecular flexibility index (Phi) is 5.82. The maximum Gasteiger partial charge on any atom is 0.437 e. The first-order valence-electron chi connectivity index (χ1n) is 10.3. The number of fused-ring (bicyclic) bond motifs is 1. The van der Waals surface area contributed by atoms with E-state index in [2.05, 4.69) is 15.4 Å². The van der Waals surface area contributed by atoms with Crippen molar-refractivity contribution in [2.75, 3.05) is 5.32 Å². The Labute approximate surface area is 192 Å². The summed E-state index contributed by atoms with van der Waals surface area (Å²) in [5, 5.41) is 6.53. The van der Waals surface area contributed by atoms with Gasteiger partial charge in [-0.2, -0.15) is 18.3 Å². The Balaban J connectivity index is 1.81. The molecular weight excluding hydrogens is 447 g/mol. The van der Waals surface area contributed by atoms with E-state index in [0.29, 0.717) is 10.9 Å². The molecule has 34 heavy (non-hydrogen) atoms. The van der Waals surface area contributed by atoms with E-state index in [0.717, 1.165) is 5.56 Å². The fourth-order valence-corrected chi connectivity index (χ4v) is 3.79. The monoisotopic (exact) mass is 467 g/mol. The summed E-state index contributed by atoms with van der Waals surface area (Å²) in [7, 11) is 0. The molecule has 0 saturated carbocycles. The van der Waals surface area contributed by atoms with Crippen LogP contribution in [0.2, 0.25) is 0 Å². The zero-order valence-corrected chi connectivity index (χ0v) is 18.2. The summed E-state index contributed by atoms with van der Waals surface area (Å²) < 4.78 is 42.9. The fourth-order valence-electron chi connectivity index (χ4n) is 3.79. The molecule has 0 aliphatic carbocycles. The maximum absolute atomic E-state index is 13.9. The lowest BCUT2D eigenvalue weighted by Gasteiger charge is -2.15. The van der Waals surface area contributed by atoms with Crippen molar-refractivity contribution in [3.05, 3.63) is 88.9 Å². The lowest BCUT2D eigenvalue weighted by molar-refractivity contribution is -0.140. The molecule has 0 radical (unpaired) electrons. The molecule has 1 atom stereocenters. The second-order valence-electron chi connectivity index (χ2n) is 7.73. The Morgan fingerprint density at radius 3 is 2.35 bits per heavy atom. The van der Waals surface area contributed by atoms with E-state index < -0.39 is 35.4 Å². The Morgan fingerprint density at radius 2 is 1.71 bits per heavy atom. The van der Waals surface area contributed by atoms with Crippen molar-refractivity contribution < 1.29 is 22.8 Å². The molecule has 0 aliphatic heterocycles. The van der Waals surface area contributed by atoms with E-state index in [1.54, 1.807) is 61.5 Å². The molecule has 0 fully saturated rings. The van der Waals surface area contributed by atoms with Gasteiger partial charge in [-0.15, -0.1) is 0 Å². The van der Waals surface area contributed by atoms with Crippen LogP contribution in [0.5, 0.6) is 0 Å². The first kappa shape index (κ1) is 23.0. The van der Waals surface area contributed by atoms with Gasteiger partial charge in [0.05, 0.1) is 28.5 Å². The minimum Gasteiger partial charge on any atom is -0.364 e. The number of halogens is 3. The van der Waals surface area contributed by atoms with Crippen LogP contribution < -0.4 is 11.1 Å². The minimum absolute atomic E-state index is 0.0317. The Hall–Kier alpha value is -4.21. The normalized spacial score (nSPS) is 12.5. The van der Waals surface area contributed by atoms with Gasteiger partial charge < -0.3 is 11.1 Å². The molecule has 3 N–H and O–H groups in total. The van der Waals surface area contributed by atoms with E-state index in [-0.39, 0.29) is 17.0 Å². The average molecular weight is 467 g/mol. The molecular formula is C24H20F3N5O2. The van der Waals surface area contributed by atoms with Gasteiger partial charge in [0.15, 0.2) is 5.69 Å². The van der Waals surface area contributed by atoms with Crippen molar-refractivity contribution in [2.45, 2.75) is 26.1 Å². The van der Waals surface area contributed by atoms with Crippen LogP contribution >= 0.6 is 0 Å². The first-order chi connectivity index (χ1) is 16.1. The number of nitrogens with one attached hydrogen (secondary N) is 1. The summed E-state index contributed by atoms with van der Waals surface area (Å²) in [6.45, 7) is 3.17. The van der Waals surface area contributed by atoms with Gasteiger partial charge in [0, 0.05) is 5.39 Å². The molecule has 174 valence electrons. The van der Waals surface area contributed by atoms with E-state index in [4.69, 9.17) is 5.73 Å². The molecule has 2 aromatic heterocycles. The molecule has 10 heteroatoms. The van der Waals surface area contributed by atoms with Crippen LogP contribution in [0.15, 0.2) is 60.7 Å². The standard InChI is InChI=1S/C24H20F3N5O2/c1-13(15-8-4-3-5-9-15)32-14(2)20(21(31-32)24(25,26)27)30-23(34)17-12-19(22(28)33)29-18-11-7-6-10-16(17)18/h3-13H,1-2H3,(H2,28,33)(H,30,34). The predicted octanol–water partition coefficient (Wildman–Crippen LogP) is 4.72. The number of nitrogens with zero attached hydrogens (tertiary/aromatic N) is 3. The number of primary amides is 1. The summed E-state index contributed by atoms with van der Waals surface area (Å²) in [5.41, 5.74) is 4.65. The minimum atomic E-state index is -4.81. The van der Waals surface area contributed by atoms with Crippen LogP contribution in [0.25, 0.3) is 10.9 Å². The van der Waals surface area contributed by atoms with Crippen molar-refractivity contribution in [1.29, 1.82) is 0 Å². The van der Waals surface area contributed by atoms with Crippen LogP contribution in [0, 0.1) is 6.92 Å². The number of rotatable bonds is 5. The van der Waals surface area contributed by atoms with Crippen LogP contribution in [-0.4, -0.2) is 26.6 Å². The number of carbonyl (C=O) groups is 2. The van der Waals surface area contributed by atoms with Crippen molar-refractivity contribution in [3.63, 3.8) is 0 Å². The number of benzene rings is 2. The number of hydrogen-bond acceptors (Lipinski definition) is 4. The van der Waals surface area contributed by atoms with E-state index in [9.17, 15) is 22.8 Å². The third-order valence-electron chi connectivity index (χ3n) is 5.52. The molecule has 2 heterocycles. The number of pyridine rings is 1. The maximum atomic E-state index is 13.9. The fraction of sp³-hybridized carbons (Fsp3) is 0.167. The molecule has 2 amide bonds. The summed E-state index contributed by atoms with van der Waals surface area (Å²) in [6, 6.07) is 16.0. The van der Waals surface area contributed by atoms with Crippen molar-refractivity contribution in [2.24, 2.45) is 5.73 Å². The smallest absolute Gasteiger partial charge is 0.364 e. The highest BCUT2D eigenvalue weighted by atomic mass is 19.4. The van der Waals surface area contributed by atoms with Gasteiger partial charge in [-0.05, 0) is 31.5 Å². The molecule has 0 aliphatic rings. The summed E-state index contributed by atoms with van der Waals surface area (Å²) in [4.78, 5) is 29.0. The predicted molar refractivity (Wildman–Crippen MR) is 120 cm³/mol. The Bertz CT molecular complexity index is 1400. The SMILES string of the molecule is Cc1c(NC(=O)c2cc(C(N)=O)nc3ccccc23)c(C(F)(F)F)nn1C(C)c1ccccc1. The summed E-state index contributed by atoms with van der Waals surface area (Å²) >= 11 is 0. The highest BCUT2D eigenvalue weighted by Gasteiger charge is 2.40. The quantitative estimate of drug-likeness (QED) is 0.443. The number of amides is 2. The van der Waals surface area contributed by atoms with Gasteiger partial charge in [0.1, 0.15) is 5.69 Å². The van der Waals surface area contributed by atoms with E-state index in [1.165, 1.54) is 17.7 Å². The number of nitrogens with two attached hydrogens (primary N) is 1. The van der Waals surface area contributed by atoms with Crippen LogP contribution in [-0.2, 0) is 6.18 Å². The molecule has 4 rings (SSSR count). The molecule has 0 spiro atoms. The number of aromatic nitrogens is 3. The van der Waals surface area contributed by atoms with Crippen molar-refractivity contribution in [3.8, 4) is 0 Å². The largest absolute Gasteiger partial charge is 0.437 e. The van der Waals surface area contributed by atoms with Crippen LogP contribution in [0.4, 0.5) is 18.9 Å². The van der Waals surface area contributed by atoms with Crippen molar-refractivity contribution >= 4 is 28.4 Å². The number of anilines is 1. The summed E-state index contributed by atoms with van der Waals surface area (Å²) in [6.07, 6.45) is -4.81. The summed E-state index contributed by atoms with van der Waals surface area (Å²) in [5.74, 6) is -1.71. The molecule has 1 unspecified atom stereocenters. The highest BCUT2D eigenvalue weighted by molar-refractivity contribution is 6.14. The number of alkyl halides is 3. The van der Waals surface area contributed by atoms with E-state index in [1.807, 2.05) is 0 Å². The molecule has 7 nitrogen and oxygen atoms in total. The second kappa shape index (κ2) is 8.62. The zero-order valence-electron chi connectivity index (χ0n) is 18.2. The van der Waals surface area contributed by atoms with Crippen LogP contribution in [0.1, 0.15) is 50.8 Å². The number of hydrogen-bond donors (Lipinski definition) is 2. The van der Waals surface area contributed by atoms with Crippen LogP contribution in [0.3, 0.4) is 0 Å². The molecule has 4 aromatic rings. The van der Waals surface area contributed by atoms with E-state index >= 15 is 0 Å². The molecule has 0 saturated heterocycles. The Morgan fingerprint density at radius 1 is 1.06 bits per heavy atom. The number of para-hydroxylation sites is 1. The first-order valence-corrected chi connectivity index (χ1v) is 10.3. The second-order valence-corrected chi connectivity index (χ2v) is 7.73. The van der Waals surface area contributed by atoms with Gasteiger partial charge in [-0.3, -0.25) is 14.3 Å². The van der Waals surface area contributed by atoms with Gasteiger partial charge in [0.25, 0.3) is 11.8 Å². The lowest BCUT2D eigenvalue weighted by atomic mass is 10.1.